The van der Waals surface area contributed by atoms with E-state index in [1.54, 1.807) is 11.8 Å². The maximum absolute atomic E-state index is 5.27. The molecule has 0 aromatic heterocycles. The molecular weight excluding hydrogens is 222 g/mol. The van der Waals surface area contributed by atoms with Crippen LogP contribution in [-0.2, 0) is 0 Å². The number of hydrogen-bond acceptors (Lipinski definition) is 2. The molecule has 1 fully saturated rings. The smallest absolute Gasteiger partial charge is 0.141 e. The summed E-state index contributed by atoms with van der Waals surface area (Å²) in [6.07, 6.45) is 8.10. The lowest BCUT2D eigenvalue weighted by molar-refractivity contribution is 0.450. The summed E-state index contributed by atoms with van der Waals surface area (Å²) in [6.45, 7) is 8.31. The molecule has 1 nitrogen and oxygen atoms in total. The van der Waals surface area contributed by atoms with Crippen LogP contribution in [0.4, 0.5) is 0 Å². The first-order chi connectivity index (χ1) is 7.24. The lowest BCUT2D eigenvalue weighted by atomic mass is 10.1. The van der Waals surface area contributed by atoms with Gasteiger partial charge in [-0.3, -0.25) is 0 Å². The van der Waals surface area contributed by atoms with Gasteiger partial charge in [-0.2, -0.15) is 0 Å². The van der Waals surface area contributed by atoms with E-state index < -0.39 is 0 Å². The van der Waals surface area contributed by atoms with Gasteiger partial charge in [0, 0.05) is 18.0 Å². The predicted molar refractivity (Wildman–Crippen MR) is 74.3 cm³/mol. The zero-order valence-electron chi connectivity index (χ0n) is 9.63. The Kier molecular flexibility index (Phi) is 6.34. The Balaban J connectivity index is 2.00. The maximum Gasteiger partial charge on any atom is 0.141 e. The molecule has 1 rings (SSSR count). The molecule has 86 valence electrons. The van der Waals surface area contributed by atoms with Gasteiger partial charge < -0.3 is 4.90 Å². The molecule has 0 aromatic carbocycles. The molecule has 1 heterocycles. The zero-order chi connectivity index (χ0) is 11.1. The van der Waals surface area contributed by atoms with E-state index in [-0.39, 0.29) is 0 Å². The van der Waals surface area contributed by atoms with Gasteiger partial charge in [-0.1, -0.05) is 69.6 Å². The second-order valence-electron chi connectivity index (χ2n) is 4.10. The Morgan fingerprint density at radius 1 is 1.27 bits per heavy atom. The lowest BCUT2D eigenvalue weighted by Crippen LogP contribution is -2.23. The number of thiocarbonyl (C=S) groups is 1. The standard InChI is InChI=1S/C12H21NS2/c1-3-4-5-6-7-8-9-13-10-11(2)15-12(13)14/h2-10H2,1H3. The van der Waals surface area contributed by atoms with Crippen molar-refractivity contribution in [2.45, 2.75) is 45.4 Å². The van der Waals surface area contributed by atoms with Crippen LogP contribution >= 0.6 is 24.0 Å². The van der Waals surface area contributed by atoms with Crippen molar-refractivity contribution in [2.75, 3.05) is 13.1 Å². The summed E-state index contributed by atoms with van der Waals surface area (Å²) in [6, 6.07) is 0. The van der Waals surface area contributed by atoms with Gasteiger partial charge in [-0.25, -0.2) is 0 Å². The summed E-state index contributed by atoms with van der Waals surface area (Å²) in [4.78, 5) is 3.48. The average molecular weight is 243 g/mol. The van der Waals surface area contributed by atoms with Gasteiger partial charge in [0.05, 0.1) is 0 Å². The molecule has 1 aliphatic heterocycles. The molecule has 0 atom stereocenters. The van der Waals surface area contributed by atoms with Crippen LogP contribution in [0.15, 0.2) is 11.5 Å². The molecule has 0 spiro atoms. The number of nitrogens with zero attached hydrogens (tertiary/aromatic N) is 1. The molecule has 15 heavy (non-hydrogen) atoms. The van der Waals surface area contributed by atoms with Crippen molar-refractivity contribution in [2.24, 2.45) is 0 Å². The third-order valence-electron chi connectivity index (χ3n) is 2.64. The fraction of sp³-hybridized carbons (Fsp3) is 0.750. The largest absolute Gasteiger partial charge is 0.352 e. The fourth-order valence-electron chi connectivity index (χ4n) is 1.75. The van der Waals surface area contributed by atoms with Crippen molar-refractivity contribution in [1.82, 2.24) is 4.90 Å². The van der Waals surface area contributed by atoms with Gasteiger partial charge in [0.15, 0.2) is 0 Å². The van der Waals surface area contributed by atoms with Crippen LogP contribution in [0.2, 0.25) is 0 Å². The van der Waals surface area contributed by atoms with E-state index >= 15 is 0 Å². The van der Waals surface area contributed by atoms with Crippen LogP contribution in [0.1, 0.15) is 45.4 Å². The molecule has 0 bridgehead atoms. The second-order valence-corrected chi connectivity index (χ2v) is 5.91. The van der Waals surface area contributed by atoms with E-state index in [2.05, 4.69) is 18.4 Å². The summed E-state index contributed by atoms with van der Waals surface area (Å²) in [5, 5.41) is 0. The van der Waals surface area contributed by atoms with Gasteiger partial charge >= 0.3 is 0 Å². The van der Waals surface area contributed by atoms with Crippen molar-refractivity contribution in [3.8, 4) is 0 Å². The number of hydrogen-bond donors (Lipinski definition) is 0. The highest BCUT2D eigenvalue weighted by molar-refractivity contribution is 8.25. The van der Waals surface area contributed by atoms with Gasteiger partial charge in [-0.15, -0.1) is 0 Å². The van der Waals surface area contributed by atoms with Crippen molar-refractivity contribution in [3.63, 3.8) is 0 Å². The molecule has 0 amide bonds. The van der Waals surface area contributed by atoms with Gasteiger partial charge in [0.25, 0.3) is 0 Å². The van der Waals surface area contributed by atoms with Crippen LogP contribution < -0.4 is 0 Å². The van der Waals surface area contributed by atoms with Gasteiger partial charge in [0.2, 0.25) is 0 Å². The van der Waals surface area contributed by atoms with Crippen molar-refractivity contribution >= 4 is 28.3 Å². The minimum Gasteiger partial charge on any atom is -0.352 e. The van der Waals surface area contributed by atoms with Gasteiger partial charge in [0.1, 0.15) is 4.32 Å². The molecule has 1 aliphatic rings. The lowest BCUT2D eigenvalue weighted by Gasteiger charge is -2.15. The topological polar surface area (TPSA) is 3.24 Å². The van der Waals surface area contributed by atoms with Crippen LogP contribution in [0, 0.1) is 0 Å². The molecule has 0 N–H and O–H groups in total. The van der Waals surface area contributed by atoms with Crippen molar-refractivity contribution < 1.29 is 0 Å². The minimum atomic E-state index is 0.971. The quantitative estimate of drug-likeness (QED) is 0.487. The van der Waals surface area contributed by atoms with E-state index in [1.165, 1.54) is 43.4 Å². The Morgan fingerprint density at radius 2 is 1.93 bits per heavy atom. The third-order valence-corrected chi connectivity index (χ3v) is 4.00. The molecule has 0 saturated carbocycles. The first kappa shape index (κ1) is 13.0. The molecular formula is C12H21NS2. The molecule has 1 saturated heterocycles. The second kappa shape index (κ2) is 7.29. The van der Waals surface area contributed by atoms with Gasteiger partial charge in [-0.05, 0) is 6.42 Å². The summed E-state index contributed by atoms with van der Waals surface area (Å²) in [5.41, 5.74) is 0. The Labute approximate surface area is 103 Å². The number of unbranched alkanes of at least 4 members (excludes halogenated alkanes) is 5. The summed E-state index contributed by atoms with van der Waals surface area (Å²) >= 11 is 6.93. The fourth-order valence-corrected chi connectivity index (χ4v) is 3.01. The van der Waals surface area contributed by atoms with Crippen LogP contribution in [-0.4, -0.2) is 22.3 Å². The van der Waals surface area contributed by atoms with Crippen molar-refractivity contribution in [3.05, 3.63) is 11.5 Å². The van der Waals surface area contributed by atoms with E-state index in [1.807, 2.05) is 0 Å². The molecule has 0 aromatic rings. The normalized spacial score (nSPS) is 16.5. The summed E-state index contributed by atoms with van der Waals surface area (Å²) in [7, 11) is 0. The first-order valence-corrected chi connectivity index (χ1v) is 7.11. The Morgan fingerprint density at radius 3 is 2.53 bits per heavy atom. The molecule has 0 unspecified atom stereocenters. The third kappa shape index (κ3) is 5.03. The number of rotatable bonds is 7. The van der Waals surface area contributed by atoms with E-state index in [4.69, 9.17) is 12.2 Å². The average Bonchev–Trinajstić information content (AvgIpc) is 2.51. The first-order valence-electron chi connectivity index (χ1n) is 5.88. The summed E-state index contributed by atoms with van der Waals surface area (Å²) < 4.78 is 1.02. The minimum absolute atomic E-state index is 0.971. The monoisotopic (exact) mass is 243 g/mol. The SMILES string of the molecule is C=C1CN(CCCCCCCC)C(=S)S1. The van der Waals surface area contributed by atoms with E-state index in [9.17, 15) is 0 Å². The maximum atomic E-state index is 5.27. The highest BCUT2D eigenvalue weighted by Gasteiger charge is 2.19. The van der Waals surface area contributed by atoms with Crippen LogP contribution in [0.3, 0.4) is 0 Å². The number of thioether (sulfide) groups is 1. The van der Waals surface area contributed by atoms with Crippen molar-refractivity contribution in [1.29, 1.82) is 0 Å². The van der Waals surface area contributed by atoms with E-state index in [0.29, 0.717) is 0 Å². The highest BCUT2D eigenvalue weighted by Crippen LogP contribution is 2.27. The van der Waals surface area contributed by atoms with Crippen LogP contribution in [0.25, 0.3) is 0 Å². The highest BCUT2D eigenvalue weighted by atomic mass is 32.2. The zero-order valence-corrected chi connectivity index (χ0v) is 11.3. The van der Waals surface area contributed by atoms with Crippen LogP contribution in [0.5, 0.6) is 0 Å². The Bertz CT molecular complexity index is 226. The van der Waals surface area contributed by atoms with E-state index in [0.717, 1.165) is 17.4 Å². The molecule has 0 radical (unpaired) electrons. The summed E-state index contributed by atoms with van der Waals surface area (Å²) in [5.74, 6) is 0. The Hall–Kier alpha value is -0.0200. The predicted octanol–water partition coefficient (Wildman–Crippen LogP) is 4.19. The molecule has 0 aliphatic carbocycles. The molecule has 3 heteroatoms.